The Morgan fingerprint density at radius 1 is 0.742 bits per heavy atom. The summed E-state index contributed by atoms with van der Waals surface area (Å²) in [6, 6.07) is 24.7. The molecule has 1 fully saturated rings. The minimum absolute atomic E-state index is 0.534. The lowest BCUT2D eigenvalue weighted by molar-refractivity contribution is -0.914. The van der Waals surface area contributed by atoms with Gasteiger partial charge >= 0.3 is 0 Å². The third-order valence-electron chi connectivity index (χ3n) is 5.82. The quantitative estimate of drug-likeness (QED) is 0.608. The van der Waals surface area contributed by atoms with E-state index in [4.69, 9.17) is 14.2 Å². The summed E-state index contributed by atoms with van der Waals surface area (Å²) in [5.41, 5.74) is 3.60. The van der Waals surface area contributed by atoms with Gasteiger partial charge in [0.25, 0.3) is 0 Å². The van der Waals surface area contributed by atoms with Crippen LogP contribution >= 0.6 is 0 Å². The van der Waals surface area contributed by atoms with E-state index in [1.165, 1.54) is 11.3 Å². The lowest BCUT2D eigenvalue weighted by Crippen LogP contribution is -3.13. The molecule has 31 heavy (non-hydrogen) atoms. The molecule has 5 heteroatoms. The van der Waals surface area contributed by atoms with Crippen molar-refractivity contribution < 1.29 is 19.1 Å². The maximum atomic E-state index is 5.99. The summed E-state index contributed by atoms with van der Waals surface area (Å²) in [6.45, 7) is 5.73. The number of para-hydroxylation sites is 2. The zero-order valence-electron chi connectivity index (χ0n) is 18.3. The van der Waals surface area contributed by atoms with Crippen LogP contribution in [0.1, 0.15) is 11.1 Å². The third-order valence-corrected chi connectivity index (χ3v) is 5.82. The Balaban J connectivity index is 1.34. The van der Waals surface area contributed by atoms with Gasteiger partial charge in [-0.2, -0.15) is 0 Å². The topological polar surface area (TPSA) is 35.4 Å². The van der Waals surface area contributed by atoms with Crippen LogP contribution in [0.2, 0.25) is 0 Å². The molecule has 1 heterocycles. The summed E-state index contributed by atoms with van der Waals surface area (Å²) < 4.78 is 17.1. The second-order valence-electron chi connectivity index (χ2n) is 7.85. The van der Waals surface area contributed by atoms with Crippen LogP contribution in [0.15, 0.2) is 72.8 Å². The summed E-state index contributed by atoms with van der Waals surface area (Å²) >= 11 is 0. The molecule has 1 aliphatic heterocycles. The summed E-state index contributed by atoms with van der Waals surface area (Å²) in [7, 11) is 3.44. The highest BCUT2D eigenvalue weighted by Crippen LogP contribution is 2.29. The van der Waals surface area contributed by atoms with Gasteiger partial charge in [0.1, 0.15) is 18.9 Å². The first-order valence-electron chi connectivity index (χ1n) is 10.8. The maximum absolute atomic E-state index is 5.99. The van der Waals surface area contributed by atoms with Gasteiger partial charge in [0.05, 0.1) is 46.1 Å². The first-order chi connectivity index (χ1) is 15.3. The van der Waals surface area contributed by atoms with E-state index in [9.17, 15) is 0 Å². The molecule has 0 bridgehead atoms. The van der Waals surface area contributed by atoms with E-state index in [0.717, 1.165) is 55.5 Å². The highest BCUT2D eigenvalue weighted by Gasteiger charge is 2.22. The van der Waals surface area contributed by atoms with Gasteiger partial charge in [-0.25, -0.2) is 0 Å². The Kier molecular flexibility index (Phi) is 6.95. The molecule has 1 saturated heterocycles. The van der Waals surface area contributed by atoms with Gasteiger partial charge < -0.3 is 24.0 Å². The number of anilines is 1. The number of benzene rings is 3. The fraction of sp³-hybridized carbons (Fsp3) is 0.308. The van der Waals surface area contributed by atoms with Crippen LogP contribution in [0.5, 0.6) is 17.2 Å². The van der Waals surface area contributed by atoms with Crippen LogP contribution in [0.3, 0.4) is 0 Å². The standard InChI is InChI=1S/C26H30N2O3/c1-29-24-11-7-6-10-23(24)28-16-14-27(15-17-28)19-22-12-13-25(26(18-22)30-2)31-20-21-8-4-3-5-9-21/h3-13,18H,14-17,19-20H2,1-2H3/p+1. The van der Waals surface area contributed by atoms with Gasteiger partial charge in [0.15, 0.2) is 11.5 Å². The monoisotopic (exact) mass is 419 g/mol. The van der Waals surface area contributed by atoms with Gasteiger partial charge in [-0.05, 0) is 35.9 Å². The Morgan fingerprint density at radius 2 is 1.45 bits per heavy atom. The Labute approximate surface area is 184 Å². The SMILES string of the molecule is COc1cc(C[NH+]2CCN(c3ccccc3OC)CC2)ccc1OCc1ccccc1. The van der Waals surface area contributed by atoms with Crippen molar-refractivity contribution in [3.8, 4) is 17.2 Å². The minimum atomic E-state index is 0.534. The molecule has 0 atom stereocenters. The smallest absolute Gasteiger partial charge is 0.161 e. The van der Waals surface area contributed by atoms with E-state index in [1.54, 1.807) is 19.1 Å². The molecule has 1 aliphatic rings. The number of piperazine rings is 1. The molecule has 0 aliphatic carbocycles. The number of methoxy groups -OCH3 is 2. The van der Waals surface area contributed by atoms with E-state index in [2.05, 4.69) is 41.3 Å². The van der Waals surface area contributed by atoms with Crippen molar-refractivity contribution in [3.63, 3.8) is 0 Å². The highest BCUT2D eigenvalue weighted by molar-refractivity contribution is 5.58. The molecule has 0 aromatic heterocycles. The molecule has 1 N–H and O–H groups in total. The van der Waals surface area contributed by atoms with Gasteiger partial charge in [-0.3, -0.25) is 0 Å². The largest absolute Gasteiger partial charge is 0.495 e. The predicted molar refractivity (Wildman–Crippen MR) is 123 cm³/mol. The third kappa shape index (κ3) is 5.30. The van der Waals surface area contributed by atoms with Crippen LogP contribution in [0, 0.1) is 0 Å². The lowest BCUT2D eigenvalue weighted by atomic mass is 10.1. The minimum Gasteiger partial charge on any atom is -0.495 e. The number of ether oxygens (including phenoxy) is 3. The average molecular weight is 420 g/mol. The van der Waals surface area contributed by atoms with Crippen LogP contribution in [-0.2, 0) is 13.2 Å². The van der Waals surface area contributed by atoms with Crippen LogP contribution in [0.4, 0.5) is 5.69 Å². The predicted octanol–water partition coefficient (Wildman–Crippen LogP) is 3.19. The Morgan fingerprint density at radius 3 is 2.19 bits per heavy atom. The second kappa shape index (κ2) is 10.2. The van der Waals surface area contributed by atoms with Crippen molar-refractivity contribution in [3.05, 3.63) is 83.9 Å². The number of nitrogens with one attached hydrogen (secondary N) is 1. The summed E-state index contributed by atoms with van der Waals surface area (Å²) in [4.78, 5) is 4.00. The van der Waals surface area contributed by atoms with Crippen LogP contribution < -0.4 is 24.0 Å². The van der Waals surface area contributed by atoms with E-state index in [-0.39, 0.29) is 0 Å². The van der Waals surface area contributed by atoms with Crippen molar-refractivity contribution in [1.29, 1.82) is 0 Å². The number of hydrogen-bond donors (Lipinski definition) is 1. The van der Waals surface area contributed by atoms with Gasteiger partial charge in [-0.15, -0.1) is 0 Å². The van der Waals surface area contributed by atoms with Crippen LogP contribution in [-0.4, -0.2) is 40.4 Å². The first-order valence-corrected chi connectivity index (χ1v) is 10.8. The molecular formula is C26H31N2O3+. The van der Waals surface area contributed by atoms with Crippen LogP contribution in [0.25, 0.3) is 0 Å². The fourth-order valence-corrected chi connectivity index (χ4v) is 4.10. The molecule has 4 rings (SSSR count). The second-order valence-corrected chi connectivity index (χ2v) is 7.85. The van der Waals surface area contributed by atoms with Crippen molar-refractivity contribution in [1.82, 2.24) is 0 Å². The molecule has 0 radical (unpaired) electrons. The van der Waals surface area contributed by atoms with E-state index in [0.29, 0.717) is 6.61 Å². The van der Waals surface area contributed by atoms with Gasteiger partial charge in [0, 0.05) is 5.56 Å². The van der Waals surface area contributed by atoms with Gasteiger partial charge in [-0.1, -0.05) is 42.5 Å². The lowest BCUT2D eigenvalue weighted by Gasteiger charge is -2.34. The van der Waals surface area contributed by atoms with Crippen molar-refractivity contribution in [2.45, 2.75) is 13.2 Å². The zero-order chi connectivity index (χ0) is 21.5. The number of nitrogens with zero attached hydrogens (tertiary/aromatic N) is 1. The fourth-order valence-electron chi connectivity index (χ4n) is 4.10. The van der Waals surface area contributed by atoms with E-state index >= 15 is 0 Å². The van der Waals surface area contributed by atoms with E-state index < -0.39 is 0 Å². The molecule has 0 amide bonds. The number of quaternary nitrogens is 1. The van der Waals surface area contributed by atoms with Gasteiger partial charge in [0.2, 0.25) is 0 Å². The average Bonchev–Trinajstić information content (AvgIpc) is 2.84. The molecular weight excluding hydrogens is 388 g/mol. The summed E-state index contributed by atoms with van der Waals surface area (Å²) in [6.07, 6.45) is 0. The van der Waals surface area contributed by atoms with Crippen molar-refractivity contribution >= 4 is 5.69 Å². The Hall–Kier alpha value is -3.18. The molecule has 0 unspecified atom stereocenters. The number of hydrogen-bond acceptors (Lipinski definition) is 4. The van der Waals surface area contributed by atoms with Crippen molar-refractivity contribution in [2.75, 3.05) is 45.3 Å². The molecule has 162 valence electrons. The zero-order valence-corrected chi connectivity index (χ0v) is 18.3. The molecule has 5 nitrogen and oxygen atoms in total. The maximum Gasteiger partial charge on any atom is 0.161 e. The highest BCUT2D eigenvalue weighted by atomic mass is 16.5. The molecule has 3 aromatic rings. The van der Waals surface area contributed by atoms with Crippen molar-refractivity contribution in [2.24, 2.45) is 0 Å². The molecule has 3 aromatic carbocycles. The summed E-state index contributed by atoms with van der Waals surface area (Å²) in [5.74, 6) is 2.52. The van der Waals surface area contributed by atoms with E-state index in [1.807, 2.05) is 36.4 Å². The number of rotatable bonds is 8. The first kappa shape index (κ1) is 21.1. The summed E-state index contributed by atoms with van der Waals surface area (Å²) in [5, 5.41) is 0. The Bertz CT molecular complexity index is 969. The normalized spacial score (nSPS) is 14.3. The molecule has 0 saturated carbocycles. The molecule has 0 spiro atoms.